The summed E-state index contributed by atoms with van der Waals surface area (Å²) in [5, 5.41) is 0.0420. The van der Waals surface area contributed by atoms with E-state index >= 15 is 0 Å². The molecule has 0 bridgehead atoms. The van der Waals surface area contributed by atoms with Crippen LogP contribution in [0.4, 0.5) is 4.39 Å². The lowest BCUT2D eigenvalue weighted by molar-refractivity contribution is 0.625. The van der Waals surface area contributed by atoms with Crippen LogP contribution in [-0.4, -0.2) is 9.55 Å². The van der Waals surface area contributed by atoms with Crippen molar-refractivity contribution in [2.45, 2.75) is 13.5 Å². The van der Waals surface area contributed by atoms with Crippen molar-refractivity contribution in [2.75, 3.05) is 0 Å². The van der Waals surface area contributed by atoms with E-state index in [1.165, 1.54) is 31.2 Å². The van der Waals surface area contributed by atoms with Crippen LogP contribution in [0.1, 0.15) is 11.1 Å². The van der Waals surface area contributed by atoms with Crippen LogP contribution in [0.5, 0.6) is 0 Å². The minimum absolute atomic E-state index is 0.0420. The molecule has 0 amide bonds. The molecule has 0 fully saturated rings. The average Bonchev–Trinajstić information content (AvgIpc) is 2.34. The largest absolute Gasteiger partial charge is 0.329 e. The van der Waals surface area contributed by atoms with Gasteiger partial charge in [-0.25, -0.2) is 9.18 Å². The maximum Gasteiger partial charge on any atom is 0.329 e. The first kappa shape index (κ1) is 12.6. The zero-order chi connectivity index (χ0) is 13.3. The molecule has 94 valence electrons. The first-order valence-corrected chi connectivity index (χ1v) is 5.60. The normalized spacial score (nSPS) is 10.6. The summed E-state index contributed by atoms with van der Waals surface area (Å²) in [5.41, 5.74) is -0.0999. The highest BCUT2D eigenvalue weighted by Crippen LogP contribution is 2.05. The SMILES string of the molecule is Cc1c(Cl)[nH]c(=O)n(Cc2ccc(F)cc2)c1=O. The third-order valence-corrected chi connectivity index (χ3v) is 2.99. The van der Waals surface area contributed by atoms with Crippen LogP contribution in [-0.2, 0) is 6.54 Å². The van der Waals surface area contributed by atoms with Crippen molar-refractivity contribution in [3.8, 4) is 0 Å². The fourth-order valence-electron chi connectivity index (χ4n) is 1.56. The van der Waals surface area contributed by atoms with Gasteiger partial charge < -0.3 is 0 Å². The molecule has 0 spiro atoms. The number of hydrogen-bond acceptors (Lipinski definition) is 2. The van der Waals surface area contributed by atoms with Gasteiger partial charge in [-0.2, -0.15) is 0 Å². The van der Waals surface area contributed by atoms with Crippen molar-refractivity contribution in [3.05, 3.63) is 67.2 Å². The van der Waals surface area contributed by atoms with Gasteiger partial charge in [0.25, 0.3) is 5.56 Å². The second-order valence-electron chi connectivity index (χ2n) is 3.89. The summed E-state index contributed by atoms with van der Waals surface area (Å²) in [6.07, 6.45) is 0. The number of hydrogen-bond donors (Lipinski definition) is 1. The maximum absolute atomic E-state index is 12.7. The van der Waals surface area contributed by atoms with Gasteiger partial charge in [-0.15, -0.1) is 0 Å². The molecule has 0 atom stereocenters. The number of H-pyrrole nitrogens is 1. The predicted molar refractivity (Wildman–Crippen MR) is 66.6 cm³/mol. The highest BCUT2D eigenvalue weighted by Gasteiger charge is 2.09. The van der Waals surface area contributed by atoms with E-state index in [2.05, 4.69) is 4.98 Å². The number of aromatic amines is 1. The first-order chi connectivity index (χ1) is 8.49. The van der Waals surface area contributed by atoms with Crippen LogP contribution in [0.15, 0.2) is 33.9 Å². The first-order valence-electron chi connectivity index (χ1n) is 5.22. The molecule has 6 heteroatoms. The zero-order valence-electron chi connectivity index (χ0n) is 9.54. The molecule has 0 aliphatic carbocycles. The van der Waals surface area contributed by atoms with Gasteiger partial charge in [0, 0.05) is 5.56 Å². The second kappa shape index (κ2) is 4.78. The molecule has 0 aliphatic heterocycles. The van der Waals surface area contributed by atoms with E-state index < -0.39 is 11.2 Å². The van der Waals surface area contributed by atoms with E-state index in [0.717, 1.165) is 4.57 Å². The number of aromatic nitrogens is 2. The number of rotatable bonds is 2. The summed E-state index contributed by atoms with van der Waals surface area (Å²) >= 11 is 5.70. The molecular weight excluding hydrogens is 259 g/mol. The highest BCUT2D eigenvalue weighted by atomic mass is 35.5. The van der Waals surface area contributed by atoms with Gasteiger partial charge in [0.2, 0.25) is 0 Å². The lowest BCUT2D eigenvalue weighted by Gasteiger charge is -2.06. The Labute approximate surface area is 107 Å². The Balaban J connectivity index is 2.47. The number of benzene rings is 1. The molecule has 1 aromatic heterocycles. The molecular formula is C12H10ClFN2O2. The molecule has 0 saturated carbocycles. The Bertz CT molecular complexity index is 689. The van der Waals surface area contributed by atoms with Crippen LogP contribution in [0.3, 0.4) is 0 Å². The number of nitrogens with zero attached hydrogens (tertiary/aromatic N) is 1. The lowest BCUT2D eigenvalue weighted by atomic mass is 10.2. The summed E-state index contributed by atoms with van der Waals surface area (Å²) < 4.78 is 13.8. The molecule has 2 rings (SSSR count). The molecule has 0 aliphatic rings. The van der Waals surface area contributed by atoms with Gasteiger partial charge in [0.15, 0.2) is 0 Å². The maximum atomic E-state index is 12.7. The van der Waals surface area contributed by atoms with Gasteiger partial charge in [0.1, 0.15) is 11.0 Å². The Morgan fingerprint density at radius 1 is 1.28 bits per heavy atom. The fraction of sp³-hybridized carbons (Fsp3) is 0.167. The van der Waals surface area contributed by atoms with Crippen molar-refractivity contribution in [2.24, 2.45) is 0 Å². The molecule has 1 N–H and O–H groups in total. The molecule has 18 heavy (non-hydrogen) atoms. The monoisotopic (exact) mass is 268 g/mol. The molecule has 0 saturated heterocycles. The standard InChI is InChI=1S/C12H10ClFN2O2/c1-7-10(13)15-12(18)16(11(7)17)6-8-2-4-9(14)5-3-8/h2-5H,6H2,1H3,(H,15,18). The van der Waals surface area contributed by atoms with Crippen molar-refractivity contribution in [3.63, 3.8) is 0 Å². The smallest absolute Gasteiger partial charge is 0.297 e. The number of halogens is 2. The van der Waals surface area contributed by atoms with E-state index in [4.69, 9.17) is 11.6 Å². The van der Waals surface area contributed by atoms with Crippen LogP contribution < -0.4 is 11.2 Å². The summed E-state index contributed by atoms with van der Waals surface area (Å²) in [5.74, 6) is -0.368. The molecule has 0 unspecified atom stereocenters. The Morgan fingerprint density at radius 2 is 1.89 bits per heavy atom. The molecule has 0 radical (unpaired) electrons. The van der Waals surface area contributed by atoms with Crippen LogP contribution in [0.2, 0.25) is 5.15 Å². The van der Waals surface area contributed by atoms with Gasteiger partial charge >= 0.3 is 5.69 Å². The highest BCUT2D eigenvalue weighted by molar-refractivity contribution is 6.30. The number of nitrogens with one attached hydrogen (secondary N) is 1. The summed E-state index contributed by atoms with van der Waals surface area (Å²) in [6, 6.07) is 5.59. The lowest BCUT2D eigenvalue weighted by Crippen LogP contribution is -2.36. The summed E-state index contributed by atoms with van der Waals surface area (Å²) in [7, 11) is 0. The van der Waals surface area contributed by atoms with Crippen molar-refractivity contribution >= 4 is 11.6 Å². The van der Waals surface area contributed by atoms with Crippen LogP contribution in [0, 0.1) is 12.7 Å². The zero-order valence-corrected chi connectivity index (χ0v) is 10.3. The minimum Gasteiger partial charge on any atom is -0.297 e. The van der Waals surface area contributed by atoms with E-state index in [0.29, 0.717) is 5.56 Å². The Hall–Kier alpha value is -1.88. The quantitative estimate of drug-likeness (QED) is 0.843. The average molecular weight is 269 g/mol. The predicted octanol–water partition coefficient (Wildman–Crippen LogP) is 1.69. The van der Waals surface area contributed by atoms with E-state index in [-0.39, 0.29) is 23.1 Å². The molecule has 2 aromatic rings. The van der Waals surface area contributed by atoms with Gasteiger partial charge in [-0.05, 0) is 24.6 Å². The Kier molecular flexibility index (Phi) is 3.34. The van der Waals surface area contributed by atoms with Crippen molar-refractivity contribution in [1.29, 1.82) is 0 Å². The minimum atomic E-state index is -0.583. The third kappa shape index (κ3) is 2.36. The van der Waals surface area contributed by atoms with Crippen molar-refractivity contribution < 1.29 is 4.39 Å². The second-order valence-corrected chi connectivity index (χ2v) is 4.26. The third-order valence-electron chi connectivity index (χ3n) is 2.61. The fourth-order valence-corrected chi connectivity index (χ4v) is 1.72. The van der Waals surface area contributed by atoms with Gasteiger partial charge in [-0.3, -0.25) is 14.3 Å². The summed E-state index contributed by atoms with van der Waals surface area (Å²) in [4.78, 5) is 25.9. The van der Waals surface area contributed by atoms with E-state index in [9.17, 15) is 14.0 Å². The Morgan fingerprint density at radius 3 is 2.50 bits per heavy atom. The topological polar surface area (TPSA) is 54.9 Å². The molecule has 4 nitrogen and oxygen atoms in total. The van der Waals surface area contributed by atoms with Gasteiger partial charge in [0.05, 0.1) is 6.54 Å². The van der Waals surface area contributed by atoms with Crippen molar-refractivity contribution in [1.82, 2.24) is 9.55 Å². The summed E-state index contributed by atoms with van der Waals surface area (Å²) in [6.45, 7) is 1.61. The van der Waals surface area contributed by atoms with E-state index in [1.54, 1.807) is 0 Å². The molecule has 1 heterocycles. The van der Waals surface area contributed by atoms with Crippen LogP contribution in [0.25, 0.3) is 0 Å². The van der Waals surface area contributed by atoms with E-state index in [1.807, 2.05) is 0 Å². The van der Waals surface area contributed by atoms with Gasteiger partial charge in [-0.1, -0.05) is 23.7 Å². The molecule has 1 aromatic carbocycles. The van der Waals surface area contributed by atoms with Crippen LogP contribution >= 0.6 is 11.6 Å².